The highest BCUT2D eigenvalue weighted by Crippen LogP contribution is 2.33. The fourth-order valence-corrected chi connectivity index (χ4v) is 3.80. The van der Waals surface area contributed by atoms with Crippen molar-refractivity contribution in [3.05, 3.63) is 58.8 Å². The summed E-state index contributed by atoms with van der Waals surface area (Å²) >= 11 is 0. The van der Waals surface area contributed by atoms with Crippen LogP contribution >= 0.6 is 0 Å². The number of likely N-dealkylation sites (N-methyl/N-ethyl adjacent to an activating group) is 1. The highest BCUT2D eigenvalue weighted by atomic mass is 19.1. The molecule has 0 fully saturated rings. The van der Waals surface area contributed by atoms with Gasteiger partial charge in [0.15, 0.2) is 0 Å². The number of fused-ring (bicyclic) bond motifs is 2. The average molecular weight is 393 g/mol. The predicted octanol–water partition coefficient (Wildman–Crippen LogP) is 3.46. The molecule has 29 heavy (non-hydrogen) atoms. The summed E-state index contributed by atoms with van der Waals surface area (Å²) < 4.78 is 14.1. The van der Waals surface area contributed by atoms with E-state index in [9.17, 15) is 9.18 Å². The second-order valence-corrected chi connectivity index (χ2v) is 7.51. The van der Waals surface area contributed by atoms with Gasteiger partial charge in [-0.05, 0) is 39.4 Å². The average Bonchev–Trinajstić information content (AvgIpc) is 3.14. The molecule has 1 amide bonds. The molecule has 3 N–H and O–H groups in total. The Balaban J connectivity index is 1.76. The number of halogens is 1. The summed E-state index contributed by atoms with van der Waals surface area (Å²) in [5, 5.41) is 6.11. The molecular weight excluding hydrogens is 369 g/mol. The van der Waals surface area contributed by atoms with Gasteiger partial charge in [0.25, 0.3) is 5.91 Å². The number of rotatable bonds is 5. The molecule has 3 heterocycles. The summed E-state index contributed by atoms with van der Waals surface area (Å²) in [7, 11) is 1.92. The van der Waals surface area contributed by atoms with Gasteiger partial charge < -0.3 is 15.6 Å². The fraction of sp³-hybridized carbons (Fsp3) is 0.318. The molecule has 3 aromatic rings. The third-order valence-electron chi connectivity index (χ3n) is 5.32. The summed E-state index contributed by atoms with van der Waals surface area (Å²) in [6.45, 7) is 5.10. The van der Waals surface area contributed by atoms with Gasteiger partial charge in [-0.1, -0.05) is 23.8 Å². The smallest absolute Gasteiger partial charge is 0.253 e. The van der Waals surface area contributed by atoms with Crippen LogP contribution in [-0.4, -0.2) is 41.0 Å². The Morgan fingerprint density at radius 1 is 1.34 bits per heavy atom. The number of aromatic nitrogens is 3. The lowest BCUT2D eigenvalue weighted by atomic mass is 9.93. The Morgan fingerprint density at radius 3 is 2.97 bits per heavy atom. The number of amides is 1. The Kier molecular flexibility index (Phi) is 5.15. The maximum absolute atomic E-state index is 14.1. The fourth-order valence-electron chi connectivity index (χ4n) is 3.80. The molecule has 0 saturated heterocycles. The van der Waals surface area contributed by atoms with Gasteiger partial charge in [0.1, 0.15) is 5.52 Å². The maximum atomic E-state index is 14.1. The first-order chi connectivity index (χ1) is 14.0. The van der Waals surface area contributed by atoms with Crippen molar-refractivity contribution in [2.75, 3.05) is 20.1 Å². The molecule has 1 aliphatic heterocycles. The van der Waals surface area contributed by atoms with E-state index in [4.69, 9.17) is 0 Å². The molecule has 1 unspecified atom stereocenters. The van der Waals surface area contributed by atoms with E-state index in [1.807, 2.05) is 31.3 Å². The second kappa shape index (κ2) is 7.75. The molecule has 1 aliphatic rings. The van der Waals surface area contributed by atoms with Gasteiger partial charge in [0.2, 0.25) is 5.95 Å². The van der Waals surface area contributed by atoms with Crippen LogP contribution in [0.15, 0.2) is 35.9 Å². The molecule has 150 valence electrons. The molecule has 0 spiro atoms. The number of benzene rings is 1. The number of carbonyl (C=O) groups is 1. The number of para-hydroxylation sites is 1. The standard InChI is InChI=1S/C22H24FN5O/c1-12(10-24-3)7-8-14-11-25-22(29)16-9-18(27-19(14)16)15-5-4-6-17-20(15)28-21(23)13(2)26-17/h4-7,9,14,24,27H,8,10-11H2,1-3H3,(H,25,29)/b12-7-. The lowest BCUT2D eigenvalue weighted by Crippen LogP contribution is -2.34. The zero-order valence-corrected chi connectivity index (χ0v) is 16.8. The molecule has 7 heteroatoms. The van der Waals surface area contributed by atoms with Gasteiger partial charge in [0, 0.05) is 36.0 Å². The number of carbonyl (C=O) groups excluding carboxylic acids is 1. The summed E-state index contributed by atoms with van der Waals surface area (Å²) in [6.07, 6.45) is 3.02. The van der Waals surface area contributed by atoms with Crippen molar-refractivity contribution >= 4 is 16.9 Å². The van der Waals surface area contributed by atoms with Crippen molar-refractivity contribution < 1.29 is 9.18 Å². The van der Waals surface area contributed by atoms with Gasteiger partial charge >= 0.3 is 0 Å². The van der Waals surface area contributed by atoms with Crippen LogP contribution in [0.3, 0.4) is 0 Å². The minimum absolute atomic E-state index is 0.0944. The number of nitrogens with one attached hydrogen (secondary N) is 3. The first kappa shape index (κ1) is 19.3. The number of aromatic amines is 1. The molecule has 1 aromatic carbocycles. The zero-order valence-electron chi connectivity index (χ0n) is 16.8. The molecular formula is C22H24FN5O. The lowest BCUT2D eigenvalue weighted by molar-refractivity contribution is 0.0940. The largest absolute Gasteiger partial charge is 0.357 e. The normalized spacial score (nSPS) is 16.8. The first-order valence-corrected chi connectivity index (χ1v) is 9.72. The van der Waals surface area contributed by atoms with Gasteiger partial charge in [-0.2, -0.15) is 4.39 Å². The highest BCUT2D eigenvalue weighted by Gasteiger charge is 2.28. The third-order valence-corrected chi connectivity index (χ3v) is 5.32. The molecule has 1 atom stereocenters. The third kappa shape index (κ3) is 3.65. The van der Waals surface area contributed by atoms with E-state index < -0.39 is 5.95 Å². The minimum atomic E-state index is -0.581. The van der Waals surface area contributed by atoms with Crippen LogP contribution in [0, 0.1) is 12.9 Å². The second-order valence-electron chi connectivity index (χ2n) is 7.51. The molecule has 0 aliphatic carbocycles. The summed E-state index contributed by atoms with van der Waals surface area (Å²) in [4.78, 5) is 24.3. The highest BCUT2D eigenvalue weighted by molar-refractivity contribution is 5.99. The van der Waals surface area contributed by atoms with Crippen LogP contribution in [0.4, 0.5) is 4.39 Å². The SMILES string of the molecule is CNC/C(C)=C\CC1CNC(=O)c2cc(-c3cccc4nc(C)c(F)nc34)[nH]c21. The van der Waals surface area contributed by atoms with Gasteiger partial charge in [0.05, 0.1) is 16.8 Å². The van der Waals surface area contributed by atoms with Crippen molar-refractivity contribution in [1.82, 2.24) is 25.6 Å². The Bertz CT molecular complexity index is 1120. The van der Waals surface area contributed by atoms with Crippen molar-refractivity contribution in [2.24, 2.45) is 0 Å². The van der Waals surface area contributed by atoms with Crippen LogP contribution in [0.5, 0.6) is 0 Å². The number of allylic oxidation sites excluding steroid dienone is 1. The van der Waals surface area contributed by atoms with E-state index in [0.717, 1.165) is 29.9 Å². The van der Waals surface area contributed by atoms with Gasteiger partial charge in [-0.3, -0.25) is 4.79 Å². The molecule has 4 rings (SSSR count). The minimum Gasteiger partial charge on any atom is -0.357 e. The Morgan fingerprint density at radius 2 is 2.17 bits per heavy atom. The Labute approximate surface area is 168 Å². The van der Waals surface area contributed by atoms with Crippen LogP contribution < -0.4 is 10.6 Å². The maximum Gasteiger partial charge on any atom is 0.253 e. The summed E-state index contributed by atoms with van der Waals surface area (Å²) in [5.74, 6) is -0.520. The van der Waals surface area contributed by atoms with Gasteiger partial charge in [-0.25, -0.2) is 9.97 Å². The van der Waals surface area contributed by atoms with Crippen LogP contribution in [0.2, 0.25) is 0 Å². The molecule has 2 aromatic heterocycles. The van der Waals surface area contributed by atoms with E-state index in [2.05, 4.69) is 38.6 Å². The van der Waals surface area contributed by atoms with Crippen molar-refractivity contribution in [3.8, 4) is 11.3 Å². The van der Waals surface area contributed by atoms with Crippen molar-refractivity contribution in [1.29, 1.82) is 0 Å². The number of hydrogen-bond donors (Lipinski definition) is 3. The molecule has 0 saturated carbocycles. The number of H-pyrrole nitrogens is 1. The summed E-state index contributed by atoms with van der Waals surface area (Å²) in [5.41, 5.74) is 5.66. The number of aryl methyl sites for hydroxylation is 1. The molecule has 0 radical (unpaired) electrons. The van der Waals surface area contributed by atoms with Crippen molar-refractivity contribution in [2.45, 2.75) is 26.2 Å². The van der Waals surface area contributed by atoms with Crippen LogP contribution in [0.1, 0.15) is 41.0 Å². The number of nitrogens with zero attached hydrogens (tertiary/aromatic N) is 2. The first-order valence-electron chi connectivity index (χ1n) is 9.72. The monoisotopic (exact) mass is 393 g/mol. The van der Waals surface area contributed by atoms with E-state index in [1.165, 1.54) is 5.57 Å². The molecule has 6 nitrogen and oxygen atoms in total. The zero-order chi connectivity index (χ0) is 20.5. The van der Waals surface area contributed by atoms with Crippen LogP contribution in [-0.2, 0) is 0 Å². The van der Waals surface area contributed by atoms with Gasteiger partial charge in [-0.15, -0.1) is 0 Å². The topological polar surface area (TPSA) is 82.7 Å². The lowest BCUT2D eigenvalue weighted by Gasteiger charge is -2.22. The predicted molar refractivity (Wildman–Crippen MR) is 111 cm³/mol. The van der Waals surface area contributed by atoms with Crippen LogP contribution in [0.25, 0.3) is 22.3 Å². The number of hydrogen-bond acceptors (Lipinski definition) is 4. The van der Waals surface area contributed by atoms with E-state index in [0.29, 0.717) is 23.1 Å². The summed E-state index contributed by atoms with van der Waals surface area (Å²) in [6, 6.07) is 7.37. The van der Waals surface area contributed by atoms with E-state index in [1.54, 1.807) is 6.92 Å². The molecule has 0 bridgehead atoms. The quantitative estimate of drug-likeness (QED) is 0.580. The van der Waals surface area contributed by atoms with E-state index >= 15 is 0 Å². The Hall–Kier alpha value is -3.06. The van der Waals surface area contributed by atoms with E-state index in [-0.39, 0.29) is 17.5 Å². The van der Waals surface area contributed by atoms with Crippen molar-refractivity contribution in [3.63, 3.8) is 0 Å².